The third kappa shape index (κ3) is 2.67. The summed E-state index contributed by atoms with van der Waals surface area (Å²) < 4.78 is 0. The molecule has 2 aromatic heterocycles. The molecule has 0 aromatic carbocycles. The van der Waals surface area contributed by atoms with E-state index in [4.69, 9.17) is 0 Å². The normalized spacial score (nSPS) is 10.0. The fourth-order valence-corrected chi connectivity index (χ4v) is 1.27. The number of nitrogens with one attached hydrogen (secondary N) is 3. The number of hydrogen-bond donors (Lipinski definition) is 3. The highest BCUT2D eigenvalue weighted by molar-refractivity contribution is 5.91. The van der Waals surface area contributed by atoms with Crippen LogP contribution in [0.25, 0.3) is 0 Å². The lowest BCUT2D eigenvalue weighted by molar-refractivity contribution is 0.0943. The number of nitrogens with zero attached hydrogens (tertiary/aromatic N) is 2. The van der Waals surface area contributed by atoms with E-state index in [0.717, 1.165) is 5.56 Å². The van der Waals surface area contributed by atoms with Crippen molar-refractivity contribution < 1.29 is 4.79 Å². The molecule has 0 aliphatic rings. The first-order valence-electron chi connectivity index (χ1n) is 5.03. The molecule has 0 spiro atoms. The molecule has 0 bridgehead atoms. The van der Waals surface area contributed by atoms with Gasteiger partial charge in [0.25, 0.3) is 11.5 Å². The van der Waals surface area contributed by atoms with Crippen LogP contribution >= 0.6 is 0 Å². The average molecular weight is 247 g/mol. The van der Waals surface area contributed by atoms with E-state index in [0.29, 0.717) is 0 Å². The Balaban J connectivity index is 2.09. The summed E-state index contributed by atoms with van der Waals surface area (Å²) in [5, 5.41) is 7.88. The Morgan fingerprint density at radius 3 is 2.67 bits per heavy atom. The molecule has 8 heteroatoms. The van der Waals surface area contributed by atoms with Gasteiger partial charge in [-0.2, -0.15) is 5.10 Å². The Morgan fingerprint density at radius 2 is 2.00 bits per heavy atom. The van der Waals surface area contributed by atoms with Crippen molar-refractivity contribution in [3.05, 3.63) is 56.6 Å². The fraction of sp³-hybridized carbons (Fsp3) is 0.100. The smallest absolute Gasteiger partial charge is 0.342 e. The predicted octanol–water partition coefficient (Wildman–Crippen LogP) is -1.22. The summed E-state index contributed by atoms with van der Waals surface area (Å²) in [6.45, 7) is 0.238. The maximum Gasteiger partial charge on any atom is 0.342 e. The number of rotatable bonds is 3. The van der Waals surface area contributed by atoms with Crippen molar-refractivity contribution >= 4 is 5.91 Å². The minimum Gasteiger partial charge on any atom is -0.346 e. The minimum absolute atomic E-state index is 0.238. The van der Waals surface area contributed by atoms with E-state index in [-0.39, 0.29) is 12.2 Å². The van der Waals surface area contributed by atoms with Crippen molar-refractivity contribution in [1.29, 1.82) is 0 Å². The Kier molecular flexibility index (Phi) is 3.28. The van der Waals surface area contributed by atoms with Gasteiger partial charge in [-0.15, -0.1) is 0 Å². The lowest BCUT2D eigenvalue weighted by atomic mass is 10.2. The Labute approximate surface area is 100 Å². The summed E-state index contributed by atoms with van der Waals surface area (Å²) in [7, 11) is 0. The maximum atomic E-state index is 11.6. The van der Waals surface area contributed by atoms with Crippen LogP contribution in [0, 0.1) is 0 Å². The zero-order chi connectivity index (χ0) is 13.0. The number of carbonyl (C=O) groups excluding carboxylic acids is 1. The van der Waals surface area contributed by atoms with Crippen molar-refractivity contribution in [1.82, 2.24) is 25.5 Å². The number of aromatic amines is 2. The number of H-pyrrole nitrogens is 2. The van der Waals surface area contributed by atoms with E-state index in [1.807, 2.05) is 10.1 Å². The molecule has 92 valence electrons. The Bertz CT molecular complexity index is 661. The van der Waals surface area contributed by atoms with Gasteiger partial charge in [0, 0.05) is 18.9 Å². The molecule has 0 aliphatic carbocycles. The van der Waals surface area contributed by atoms with Crippen molar-refractivity contribution in [2.75, 3.05) is 0 Å². The third-order valence-corrected chi connectivity index (χ3v) is 2.13. The van der Waals surface area contributed by atoms with Crippen molar-refractivity contribution in [2.45, 2.75) is 6.54 Å². The van der Waals surface area contributed by atoms with Crippen LogP contribution in [-0.2, 0) is 6.54 Å². The molecule has 2 rings (SSSR count). The molecule has 2 heterocycles. The van der Waals surface area contributed by atoms with Crippen LogP contribution in [0.5, 0.6) is 0 Å². The molecule has 0 fully saturated rings. The van der Waals surface area contributed by atoms with E-state index in [2.05, 4.69) is 15.4 Å². The van der Waals surface area contributed by atoms with Gasteiger partial charge in [0.05, 0.1) is 0 Å². The number of carbonyl (C=O) groups is 1. The zero-order valence-corrected chi connectivity index (χ0v) is 9.14. The molecule has 0 saturated heterocycles. The second kappa shape index (κ2) is 5.04. The minimum atomic E-state index is -0.828. The van der Waals surface area contributed by atoms with E-state index in [1.165, 1.54) is 0 Å². The maximum absolute atomic E-state index is 11.6. The Hall–Kier alpha value is -2.77. The van der Waals surface area contributed by atoms with Gasteiger partial charge in [0.15, 0.2) is 0 Å². The van der Waals surface area contributed by atoms with Gasteiger partial charge in [0.1, 0.15) is 0 Å². The van der Waals surface area contributed by atoms with Crippen molar-refractivity contribution in [3.63, 3.8) is 0 Å². The second-order valence-electron chi connectivity index (χ2n) is 3.39. The number of pyridine rings is 1. The number of hydrogen-bond acceptors (Lipinski definition) is 5. The molecule has 2 aromatic rings. The van der Waals surface area contributed by atoms with E-state index in [9.17, 15) is 14.4 Å². The van der Waals surface area contributed by atoms with Crippen LogP contribution in [0.3, 0.4) is 0 Å². The SMILES string of the molecule is O=C(NCc1ccncc1)c1n[nH]c(=O)[nH]c1=O. The van der Waals surface area contributed by atoms with Crippen LogP contribution in [0.2, 0.25) is 0 Å². The predicted molar refractivity (Wildman–Crippen MR) is 60.9 cm³/mol. The quantitative estimate of drug-likeness (QED) is 0.628. The van der Waals surface area contributed by atoms with Gasteiger partial charge >= 0.3 is 5.69 Å². The fourth-order valence-electron chi connectivity index (χ4n) is 1.27. The van der Waals surface area contributed by atoms with E-state index >= 15 is 0 Å². The molecule has 18 heavy (non-hydrogen) atoms. The first kappa shape index (κ1) is 11.7. The summed E-state index contributed by atoms with van der Waals surface area (Å²) >= 11 is 0. The molecular formula is C10H9N5O3. The van der Waals surface area contributed by atoms with Gasteiger partial charge in [-0.1, -0.05) is 0 Å². The van der Waals surface area contributed by atoms with Gasteiger partial charge in [0.2, 0.25) is 5.69 Å². The highest BCUT2D eigenvalue weighted by atomic mass is 16.2. The van der Waals surface area contributed by atoms with Gasteiger partial charge in [-0.05, 0) is 17.7 Å². The summed E-state index contributed by atoms with van der Waals surface area (Å²) in [5.41, 5.74) is -1.14. The molecule has 1 amide bonds. The first-order valence-corrected chi connectivity index (χ1v) is 5.03. The lowest BCUT2D eigenvalue weighted by Crippen LogP contribution is -2.35. The second-order valence-corrected chi connectivity index (χ2v) is 3.39. The van der Waals surface area contributed by atoms with Gasteiger partial charge < -0.3 is 5.32 Å². The van der Waals surface area contributed by atoms with Gasteiger partial charge in [-0.3, -0.25) is 19.6 Å². The molecule has 3 N–H and O–H groups in total. The molecule has 0 aliphatic heterocycles. The van der Waals surface area contributed by atoms with Crippen LogP contribution in [0.1, 0.15) is 16.1 Å². The summed E-state index contributed by atoms with van der Waals surface area (Å²) in [4.78, 5) is 39.4. The lowest BCUT2D eigenvalue weighted by Gasteiger charge is -2.03. The standard InChI is InChI=1S/C10H9N5O3/c16-8(7-9(17)13-10(18)15-14-7)12-5-6-1-3-11-4-2-6/h1-4H,5H2,(H,12,16)(H2,13,15,17,18). The van der Waals surface area contributed by atoms with Crippen LogP contribution in [0.15, 0.2) is 34.1 Å². The monoisotopic (exact) mass is 247 g/mol. The van der Waals surface area contributed by atoms with Crippen molar-refractivity contribution in [3.8, 4) is 0 Å². The topological polar surface area (TPSA) is 121 Å². The van der Waals surface area contributed by atoms with Gasteiger partial charge in [-0.25, -0.2) is 9.89 Å². The number of amides is 1. The molecule has 0 radical (unpaired) electrons. The molecule has 0 saturated carbocycles. The van der Waals surface area contributed by atoms with E-state index in [1.54, 1.807) is 24.5 Å². The van der Waals surface area contributed by atoms with Crippen LogP contribution < -0.4 is 16.6 Å². The number of aromatic nitrogens is 4. The zero-order valence-electron chi connectivity index (χ0n) is 9.14. The summed E-state index contributed by atoms with van der Waals surface area (Å²) in [6, 6.07) is 3.45. The van der Waals surface area contributed by atoms with Crippen LogP contribution in [-0.4, -0.2) is 26.1 Å². The highest BCUT2D eigenvalue weighted by Gasteiger charge is 2.12. The third-order valence-electron chi connectivity index (χ3n) is 2.13. The largest absolute Gasteiger partial charge is 0.346 e. The highest BCUT2D eigenvalue weighted by Crippen LogP contribution is 1.95. The molecule has 8 nitrogen and oxygen atoms in total. The Morgan fingerprint density at radius 1 is 1.28 bits per heavy atom. The summed E-state index contributed by atoms with van der Waals surface area (Å²) in [6.07, 6.45) is 3.18. The molecular weight excluding hydrogens is 238 g/mol. The average Bonchev–Trinajstić information content (AvgIpc) is 2.37. The van der Waals surface area contributed by atoms with E-state index < -0.39 is 17.2 Å². The summed E-state index contributed by atoms with van der Waals surface area (Å²) in [5.74, 6) is -0.663. The molecule has 0 unspecified atom stereocenters. The first-order chi connectivity index (χ1) is 8.66. The van der Waals surface area contributed by atoms with Crippen molar-refractivity contribution in [2.24, 2.45) is 0 Å². The molecule has 0 atom stereocenters. The van der Waals surface area contributed by atoms with Crippen LogP contribution in [0.4, 0.5) is 0 Å².